The first-order valence-corrected chi connectivity index (χ1v) is 10.3. The van der Waals surface area contributed by atoms with E-state index in [9.17, 15) is 9.18 Å². The second-order valence-electron chi connectivity index (χ2n) is 7.11. The van der Waals surface area contributed by atoms with Crippen LogP contribution in [0.5, 0.6) is 5.75 Å². The highest BCUT2D eigenvalue weighted by molar-refractivity contribution is 5.75. The Kier molecular flexibility index (Phi) is 7.90. The number of methoxy groups -OCH3 is 1. The van der Waals surface area contributed by atoms with Crippen LogP contribution in [0.4, 0.5) is 15.8 Å². The molecule has 0 unspecified atom stereocenters. The van der Waals surface area contributed by atoms with Crippen molar-refractivity contribution in [2.24, 2.45) is 0 Å². The van der Waals surface area contributed by atoms with E-state index >= 15 is 0 Å². The van der Waals surface area contributed by atoms with Crippen molar-refractivity contribution in [2.75, 3.05) is 50.2 Å². The lowest BCUT2D eigenvalue weighted by Gasteiger charge is -2.31. The summed E-state index contributed by atoms with van der Waals surface area (Å²) in [6.07, 6.45) is 0.827. The number of hydrogen-bond donors (Lipinski definition) is 1. The molecule has 0 aromatic heterocycles. The highest BCUT2D eigenvalue weighted by Crippen LogP contribution is 2.32. The molecule has 0 radical (unpaired) electrons. The van der Waals surface area contributed by atoms with Crippen LogP contribution in [0.2, 0.25) is 0 Å². The first-order valence-electron chi connectivity index (χ1n) is 10.3. The monoisotopic (exact) mass is 416 g/mol. The molecule has 30 heavy (non-hydrogen) atoms. The van der Waals surface area contributed by atoms with Crippen LogP contribution >= 0.6 is 0 Å². The zero-order valence-corrected chi connectivity index (χ0v) is 17.5. The van der Waals surface area contributed by atoms with Crippen LogP contribution in [0.15, 0.2) is 42.5 Å². The number of nitrogens with one attached hydrogen (secondary N) is 1. The van der Waals surface area contributed by atoms with Crippen LogP contribution in [0.25, 0.3) is 0 Å². The maximum Gasteiger partial charge on any atom is 0.335 e. The molecule has 1 aliphatic rings. The minimum Gasteiger partial charge on any atom is -0.489 e. The van der Waals surface area contributed by atoms with E-state index in [0.717, 1.165) is 43.0 Å². The Morgan fingerprint density at radius 1 is 1.27 bits per heavy atom. The van der Waals surface area contributed by atoms with E-state index in [1.165, 1.54) is 19.2 Å². The van der Waals surface area contributed by atoms with E-state index in [1.807, 2.05) is 24.3 Å². The summed E-state index contributed by atoms with van der Waals surface area (Å²) in [7, 11) is 1.51. The Hall–Kier alpha value is -2.80. The predicted octanol–water partition coefficient (Wildman–Crippen LogP) is 3.65. The molecule has 2 aromatic rings. The number of nitrogens with zero attached hydrogens (tertiary/aromatic N) is 1. The average molecular weight is 416 g/mol. The van der Waals surface area contributed by atoms with Gasteiger partial charge in [0.1, 0.15) is 18.2 Å². The SMILES string of the molecule is CCOC(=O)[C@H](Cc1ccc(NCCCN2CCOc3cc(F)ccc32)cc1)OC. The molecule has 7 heteroatoms. The Morgan fingerprint density at radius 3 is 2.80 bits per heavy atom. The van der Waals surface area contributed by atoms with Crippen molar-refractivity contribution in [1.82, 2.24) is 0 Å². The van der Waals surface area contributed by atoms with E-state index < -0.39 is 6.10 Å². The number of anilines is 2. The van der Waals surface area contributed by atoms with Crippen LogP contribution in [0, 0.1) is 5.82 Å². The number of hydrogen-bond acceptors (Lipinski definition) is 6. The molecule has 0 saturated carbocycles. The number of benzene rings is 2. The van der Waals surface area contributed by atoms with Gasteiger partial charge in [-0.3, -0.25) is 0 Å². The van der Waals surface area contributed by atoms with Gasteiger partial charge in [0.05, 0.1) is 18.8 Å². The largest absolute Gasteiger partial charge is 0.489 e. The summed E-state index contributed by atoms with van der Waals surface area (Å²) in [5.74, 6) is -0.00334. The highest BCUT2D eigenvalue weighted by atomic mass is 19.1. The summed E-state index contributed by atoms with van der Waals surface area (Å²) >= 11 is 0. The number of ether oxygens (including phenoxy) is 3. The van der Waals surface area contributed by atoms with Crippen molar-refractivity contribution in [3.63, 3.8) is 0 Å². The fourth-order valence-corrected chi connectivity index (χ4v) is 3.46. The fraction of sp³-hybridized carbons (Fsp3) is 0.435. The van der Waals surface area contributed by atoms with Crippen LogP contribution in [0.3, 0.4) is 0 Å². The second kappa shape index (κ2) is 10.8. The number of halogens is 1. The summed E-state index contributed by atoms with van der Waals surface area (Å²) in [5, 5.41) is 3.41. The third-order valence-corrected chi connectivity index (χ3v) is 5.02. The maximum absolute atomic E-state index is 13.4. The zero-order valence-electron chi connectivity index (χ0n) is 17.5. The van der Waals surface area contributed by atoms with Crippen molar-refractivity contribution in [1.29, 1.82) is 0 Å². The van der Waals surface area contributed by atoms with Crippen LogP contribution in [-0.4, -0.2) is 52.0 Å². The molecule has 0 bridgehead atoms. The number of esters is 1. The van der Waals surface area contributed by atoms with Gasteiger partial charge >= 0.3 is 5.97 Å². The smallest absolute Gasteiger partial charge is 0.335 e. The topological polar surface area (TPSA) is 60.0 Å². The van der Waals surface area contributed by atoms with E-state index in [0.29, 0.717) is 25.4 Å². The molecule has 0 fully saturated rings. The molecule has 2 aromatic carbocycles. The standard InChI is InChI=1S/C23H29FN2O4/c1-3-29-23(27)22(28-2)15-17-5-8-19(9-6-17)25-11-4-12-26-13-14-30-21-16-18(24)7-10-20(21)26/h5-10,16,22,25H,3-4,11-15H2,1-2H3/t22-/m0/s1. The molecule has 162 valence electrons. The number of fused-ring (bicyclic) bond motifs is 1. The summed E-state index contributed by atoms with van der Waals surface area (Å²) in [4.78, 5) is 14.1. The van der Waals surface area contributed by atoms with Gasteiger partial charge in [0.25, 0.3) is 0 Å². The summed E-state index contributed by atoms with van der Waals surface area (Å²) in [6, 6.07) is 12.7. The van der Waals surface area contributed by atoms with E-state index in [-0.39, 0.29) is 11.8 Å². The van der Waals surface area contributed by atoms with E-state index in [4.69, 9.17) is 14.2 Å². The lowest BCUT2D eigenvalue weighted by molar-refractivity contribution is -0.154. The minimum atomic E-state index is -0.589. The molecular formula is C23H29FN2O4. The number of rotatable bonds is 10. The second-order valence-corrected chi connectivity index (χ2v) is 7.11. The number of carbonyl (C=O) groups excluding carboxylic acids is 1. The highest BCUT2D eigenvalue weighted by Gasteiger charge is 2.20. The van der Waals surface area contributed by atoms with Gasteiger partial charge < -0.3 is 24.4 Å². The molecule has 0 aliphatic carbocycles. The van der Waals surface area contributed by atoms with E-state index in [2.05, 4.69) is 10.2 Å². The van der Waals surface area contributed by atoms with Gasteiger partial charge in [-0.2, -0.15) is 0 Å². The Labute approximate surface area is 176 Å². The summed E-state index contributed by atoms with van der Waals surface area (Å²) in [6.45, 7) is 5.17. The molecule has 0 saturated heterocycles. The third kappa shape index (κ3) is 5.86. The molecule has 1 heterocycles. The van der Waals surface area contributed by atoms with Gasteiger partial charge in [0.2, 0.25) is 0 Å². The minimum absolute atomic E-state index is 0.278. The first kappa shape index (κ1) is 21.9. The molecular weight excluding hydrogens is 387 g/mol. The molecule has 1 N–H and O–H groups in total. The average Bonchev–Trinajstić information content (AvgIpc) is 2.76. The van der Waals surface area contributed by atoms with Gasteiger partial charge in [-0.05, 0) is 43.2 Å². The predicted molar refractivity (Wildman–Crippen MR) is 115 cm³/mol. The van der Waals surface area contributed by atoms with Crippen molar-refractivity contribution < 1.29 is 23.4 Å². The van der Waals surface area contributed by atoms with Crippen LogP contribution in [-0.2, 0) is 20.7 Å². The molecule has 3 rings (SSSR count). The van der Waals surface area contributed by atoms with Crippen molar-refractivity contribution in [2.45, 2.75) is 25.9 Å². The lowest BCUT2D eigenvalue weighted by atomic mass is 10.1. The van der Waals surface area contributed by atoms with Crippen molar-refractivity contribution in [3.8, 4) is 5.75 Å². The quantitative estimate of drug-likeness (QED) is 0.471. The summed E-state index contributed by atoms with van der Waals surface area (Å²) < 4.78 is 29.2. The zero-order chi connectivity index (χ0) is 21.3. The molecule has 1 aliphatic heterocycles. The summed E-state index contributed by atoms with van der Waals surface area (Å²) in [5.41, 5.74) is 2.98. The molecule has 6 nitrogen and oxygen atoms in total. The Bertz CT molecular complexity index is 828. The van der Waals surface area contributed by atoms with Gasteiger partial charge in [-0.1, -0.05) is 12.1 Å². The normalized spacial score (nSPS) is 13.9. The van der Waals surface area contributed by atoms with Crippen LogP contribution < -0.4 is 15.0 Å². The molecule has 0 spiro atoms. The Morgan fingerprint density at radius 2 is 2.07 bits per heavy atom. The fourth-order valence-electron chi connectivity index (χ4n) is 3.46. The maximum atomic E-state index is 13.4. The lowest BCUT2D eigenvalue weighted by Crippen LogP contribution is -2.34. The number of carbonyl (C=O) groups is 1. The van der Waals surface area contributed by atoms with Crippen molar-refractivity contribution >= 4 is 17.3 Å². The third-order valence-electron chi connectivity index (χ3n) is 5.02. The first-order chi connectivity index (χ1) is 14.6. The van der Waals surface area contributed by atoms with E-state index in [1.54, 1.807) is 13.0 Å². The van der Waals surface area contributed by atoms with Crippen LogP contribution in [0.1, 0.15) is 18.9 Å². The molecule has 1 atom stereocenters. The van der Waals surface area contributed by atoms with Gasteiger partial charge in [-0.25, -0.2) is 9.18 Å². The van der Waals surface area contributed by atoms with Gasteiger partial charge in [0, 0.05) is 38.4 Å². The van der Waals surface area contributed by atoms with Crippen molar-refractivity contribution in [3.05, 3.63) is 53.8 Å². The van der Waals surface area contributed by atoms with Gasteiger partial charge in [0.15, 0.2) is 6.10 Å². The molecule has 0 amide bonds. The Balaban J connectivity index is 1.44. The van der Waals surface area contributed by atoms with Gasteiger partial charge in [-0.15, -0.1) is 0 Å².